The van der Waals surface area contributed by atoms with E-state index in [9.17, 15) is 4.79 Å². The number of rotatable bonds is 6. The maximum absolute atomic E-state index is 12.7. The van der Waals surface area contributed by atoms with Crippen molar-refractivity contribution in [1.29, 1.82) is 0 Å². The lowest BCUT2D eigenvalue weighted by Gasteiger charge is -2.20. The quantitative estimate of drug-likeness (QED) is 0.547. The molecule has 3 rings (SSSR count). The minimum absolute atomic E-state index is 0.0734. The largest absolute Gasteiger partial charge is 0.481 e. The van der Waals surface area contributed by atoms with E-state index in [0.29, 0.717) is 22.9 Å². The van der Waals surface area contributed by atoms with Gasteiger partial charge in [-0.1, -0.05) is 63.2 Å². The Balaban J connectivity index is 1.65. The number of para-hydroxylation sites is 3. The van der Waals surface area contributed by atoms with E-state index in [2.05, 4.69) is 26.1 Å². The van der Waals surface area contributed by atoms with Crippen molar-refractivity contribution in [2.75, 3.05) is 5.32 Å². The zero-order valence-electron chi connectivity index (χ0n) is 17.3. The molecule has 150 valence electrons. The van der Waals surface area contributed by atoms with E-state index in [-0.39, 0.29) is 11.3 Å². The molecule has 0 spiro atoms. The number of carbonyl (C=O) groups is 1. The third-order valence-corrected chi connectivity index (χ3v) is 4.52. The van der Waals surface area contributed by atoms with E-state index in [1.807, 2.05) is 72.8 Å². The van der Waals surface area contributed by atoms with Crippen molar-refractivity contribution in [3.8, 4) is 17.2 Å². The molecule has 0 saturated heterocycles. The predicted octanol–water partition coefficient (Wildman–Crippen LogP) is 6.18. The molecule has 0 aromatic heterocycles. The Morgan fingerprint density at radius 3 is 2.10 bits per heavy atom. The molecule has 0 bridgehead atoms. The van der Waals surface area contributed by atoms with Gasteiger partial charge < -0.3 is 14.8 Å². The maximum Gasteiger partial charge on any atom is 0.265 e. The molecule has 4 heteroatoms. The van der Waals surface area contributed by atoms with Crippen LogP contribution in [0.2, 0.25) is 0 Å². The van der Waals surface area contributed by atoms with Gasteiger partial charge in [-0.05, 0) is 54.3 Å². The molecule has 1 atom stereocenters. The van der Waals surface area contributed by atoms with Gasteiger partial charge in [0, 0.05) is 0 Å². The van der Waals surface area contributed by atoms with Gasteiger partial charge in [-0.15, -0.1) is 0 Å². The molecule has 0 aliphatic carbocycles. The second-order valence-corrected chi connectivity index (χ2v) is 7.93. The van der Waals surface area contributed by atoms with E-state index in [1.165, 1.54) is 5.56 Å². The van der Waals surface area contributed by atoms with E-state index in [1.54, 1.807) is 13.0 Å². The van der Waals surface area contributed by atoms with Crippen LogP contribution in [0.15, 0.2) is 78.9 Å². The standard InChI is InChI=1S/C25H27NO3/c1-18(28-21-16-14-19(15-17-21)25(2,3)4)24(27)26-22-12-8-9-13-23(22)29-20-10-6-5-7-11-20/h5-18H,1-4H3,(H,26,27)/t18-/m0/s1. The lowest BCUT2D eigenvalue weighted by Crippen LogP contribution is -2.30. The average Bonchev–Trinajstić information content (AvgIpc) is 2.70. The normalized spacial score (nSPS) is 12.1. The highest BCUT2D eigenvalue weighted by molar-refractivity contribution is 5.95. The summed E-state index contributed by atoms with van der Waals surface area (Å²) < 4.78 is 11.7. The second kappa shape index (κ2) is 8.82. The van der Waals surface area contributed by atoms with Crippen LogP contribution in [-0.2, 0) is 10.2 Å². The summed E-state index contributed by atoms with van der Waals surface area (Å²) in [6.07, 6.45) is -0.653. The number of anilines is 1. The Hall–Kier alpha value is -3.27. The summed E-state index contributed by atoms with van der Waals surface area (Å²) in [6, 6.07) is 24.7. The van der Waals surface area contributed by atoms with Crippen LogP contribution >= 0.6 is 0 Å². The number of hydrogen-bond donors (Lipinski definition) is 1. The number of carbonyl (C=O) groups excluding carboxylic acids is 1. The Morgan fingerprint density at radius 2 is 1.45 bits per heavy atom. The molecule has 3 aromatic carbocycles. The van der Waals surface area contributed by atoms with Gasteiger partial charge in [-0.2, -0.15) is 0 Å². The average molecular weight is 389 g/mol. The van der Waals surface area contributed by atoms with Gasteiger partial charge in [0.15, 0.2) is 11.9 Å². The minimum atomic E-state index is -0.653. The number of nitrogens with one attached hydrogen (secondary N) is 1. The first-order valence-corrected chi connectivity index (χ1v) is 9.73. The van der Waals surface area contributed by atoms with Crippen LogP contribution < -0.4 is 14.8 Å². The molecule has 0 saturated carbocycles. The van der Waals surface area contributed by atoms with Crippen molar-refractivity contribution in [3.63, 3.8) is 0 Å². The number of benzene rings is 3. The molecular formula is C25H27NO3. The Kier molecular flexibility index (Phi) is 6.23. The zero-order valence-corrected chi connectivity index (χ0v) is 17.3. The third kappa shape index (κ3) is 5.61. The fourth-order valence-corrected chi connectivity index (χ4v) is 2.80. The molecule has 3 aromatic rings. The monoisotopic (exact) mass is 389 g/mol. The molecule has 1 N–H and O–H groups in total. The van der Waals surface area contributed by atoms with Gasteiger partial charge in [0.2, 0.25) is 0 Å². The van der Waals surface area contributed by atoms with Crippen LogP contribution in [0.1, 0.15) is 33.3 Å². The Morgan fingerprint density at radius 1 is 0.828 bits per heavy atom. The Labute approximate surface area is 172 Å². The highest BCUT2D eigenvalue weighted by Crippen LogP contribution is 2.29. The summed E-state index contributed by atoms with van der Waals surface area (Å²) >= 11 is 0. The van der Waals surface area contributed by atoms with E-state index in [0.717, 1.165) is 0 Å². The lowest BCUT2D eigenvalue weighted by molar-refractivity contribution is -0.122. The van der Waals surface area contributed by atoms with Crippen molar-refractivity contribution in [1.82, 2.24) is 0 Å². The third-order valence-electron chi connectivity index (χ3n) is 4.52. The van der Waals surface area contributed by atoms with Gasteiger partial charge >= 0.3 is 0 Å². The van der Waals surface area contributed by atoms with Crippen LogP contribution in [0.3, 0.4) is 0 Å². The predicted molar refractivity (Wildman–Crippen MR) is 117 cm³/mol. The molecule has 0 unspecified atom stereocenters. The number of ether oxygens (including phenoxy) is 2. The summed E-state index contributed by atoms with van der Waals surface area (Å²) in [5.41, 5.74) is 1.89. The highest BCUT2D eigenvalue weighted by atomic mass is 16.5. The zero-order chi connectivity index (χ0) is 20.9. The number of hydrogen-bond acceptors (Lipinski definition) is 3. The summed E-state index contributed by atoms with van der Waals surface area (Å²) in [6.45, 7) is 8.21. The smallest absolute Gasteiger partial charge is 0.265 e. The van der Waals surface area contributed by atoms with Crippen molar-refractivity contribution >= 4 is 11.6 Å². The SMILES string of the molecule is C[C@H](Oc1ccc(C(C)(C)C)cc1)C(=O)Nc1ccccc1Oc1ccccc1. The van der Waals surface area contributed by atoms with Gasteiger partial charge in [-0.3, -0.25) is 4.79 Å². The first kappa shape index (κ1) is 20.5. The van der Waals surface area contributed by atoms with E-state index >= 15 is 0 Å². The van der Waals surface area contributed by atoms with E-state index in [4.69, 9.17) is 9.47 Å². The van der Waals surface area contributed by atoms with Crippen molar-refractivity contribution in [2.24, 2.45) is 0 Å². The molecule has 29 heavy (non-hydrogen) atoms. The summed E-state index contributed by atoms with van der Waals surface area (Å²) in [5.74, 6) is 1.70. The topological polar surface area (TPSA) is 47.6 Å². The second-order valence-electron chi connectivity index (χ2n) is 7.93. The molecule has 0 radical (unpaired) electrons. The molecule has 0 aliphatic heterocycles. The Bertz CT molecular complexity index is 944. The first-order chi connectivity index (χ1) is 13.8. The van der Waals surface area contributed by atoms with Crippen LogP contribution in [0, 0.1) is 0 Å². The number of amides is 1. The fourth-order valence-electron chi connectivity index (χ4n) is 2.80. The molecular weight excluding hydrogens is 362 g/mol. The molecule has 0 heterocycles. The van der Waals surface area contributed by atoms with Gasteiger partial charge in [0.1, 0.15) is 11.5 Å². The summed E-state index contributed by atoms with van der Waals surface area (Å²) in [4.78, 5) is 12.7. The van der Waals surface area contributed by atoms with Gasteiger partial charge in [0.05, 0.1) is 5.69 Å². The molecule has 0 fully saturated rings. The fraction of sp³-hybridized carbons (Fsp3) is 0.240. The molecule has 0 aliphatic rings. The van der Waals surface area contributed by atoms with Crippen LogP contribution in [-0.4, -0.2) is 12.0 Å². The van der Waals surface area contributed by atoms with Gasteiger partial charge in [-0.25, -0.2) is 0 Å². The van der Waals surface area contributed by atoms with Crippen molar-refractivity contribution in [2.45, 2.75) is 39.2 Å². The summed E-state index contributed by atoms with van der Waals surface area (Å²) in [5, 5.41) is 2.90. The lowest BCUT2D eigenvalue weighted by atomic mass is 9.87. The molecule has 4 nitrogen and oxygen atoms in total. The minimum Gasteiger partial charge on any atom is -0.481 e. The van der Waals surface area contributed by atoms with Crippen LogP contribution in [0.25, 0.3) is 0 Å². The van der Waals surface area contributed by atoms with Crippen molar-refractivity contribution < 1.29 is 14.3 Å². The van der Waals surface area contributed by atoms with Crippen LogP contribution in [0.4, 0.5) is 5.69 Å². The van der Waals surface area contributed by atoms with E-state index < -0.39 is 6.10 Å². The molecule has 1 amide bonds. The maximum atomic E-state index is 12.7. The first-order valence-electron chi connectivity index (χ1n) is 9.73. The van der Waals surface area contributed by atoms with Gasteiger partial charge in [0.25, 0.3) is 5.91 Å². The highest BCUT2D eigenvalue weighted by Gasteiger charge is 2.18. The van der Waals surface area contributed by atoms with Crippen LogP contribution in [0.5, 0.6) is 17.2 Å². The summed E-state index contributed by atoms with van der Waals surface area (Å²) in [7, 11) is 0. The van der Waals surface area contributed by atoms with Crippen molar-refractivity contribution in [3.05, 3.63) is 84.4 Å².